The molecule has 2 aromatic heterocycles. The summed E-state index contributed by atoms with van der Waals surface area (Å²) in [6.45, 7) is 4.40. The van der Waals surface area contributed by atoms with Crippen LogP contribution >= 0.6 is 23.1 Å². The Morgan fingerprint density at radius 2 is 2.20 bits per heavy atom. The topological polar surface area (TPSA) is 92.9 Å². The third-order valence-electron chi connectivity index (χ3n) is 3.49. The van der Waals surface area contributed by atoms with Gasteiger partial charge in [0.2, 0.25) is 5.91 Å². The molecule has 3 rings (SSSR count). The van der Waals surface area contributed by atoms with Crippen LogP contribution < -0.4 is 5.32 Å². The van der Waals surface area contributed by atoms with Gasteiger partial charge in [-0.25, -0.2) is 4.98 Å². The highest BCUT2D eigenvalue weighted by Crippen LogP contribution is 2.31. The van der Waals surface area contributed by atoms with E-state index in [-0.39, 0.29) is 16.9 Å². The van der Waals surface area contributed by atoms with E-state index in [4.69, 9.17) is 0 Å². The number of aromatic hydroxyl groups is 1. The molecule has 2 heterocycles. The molecule has 0 radical (unpaired) electrons. The number of para-hydroxylation sites is 1. The molecular formula is C16H17N5O2S2. The fraction of sp³-hybridized carbons (Fsp3) is 0.250. The molecule has 1 aromatic carbocycles. The number of aromatic nitrogens is 4. The van der Waals surface area contributed by atoms with Crippen molar-refractivity contribution in [1.29, 1.82) is 0 Å². The fourth-order valence-corrected chi connectivity index (χ4v) is 3.67. The van der Waals surface area contributed by atoms with Crippen LogP contribution in [0.25, 0.3) is 11.4 Å². The zero-order chi connectivity index (χ0) is 17.8. The number of nitrogens with zero attached hydrogens (tertiary/aromatic N) is 4. The van der Waals surface area contributed by atoms with Crippen LogP contribution in [0.2, 0.25) is 0 Å². The molecule has 0 saturated carbocycles. The monoisotopic (exact) mass is 375 g/mol. The molecule has 0 bridgehead atoms. The lowest BCUT2D eigenvalue weighted by molar-refractivity contribution is -0.115. The van der Waals surface area contributed by atoms with Gasteiger partial charge in [-0.3, -0.25) is 4.79 Å². The van der Waals surface area contributed by atoms with Gasteiger partial charge < -0.3 is 15.0 Å². The van der Waals surface area contributed by atoms with Crippen LogP contribution in [0.5, 0.6) is 5.75 Å². The van der Waals surface area contributed by atoms with E-state index in [1.807, 2.05) is 24.5 Å². The first-order valence-corrected chi connectivity index (χ1v) is 9.44. The van der Waals surface area contributed by atoms with Crippen molar-refractivity contribution in [3.8, 4) is 17.1 Å². The largest absolute Gasteiger partial charge is 0.507 e. The number of hydrogen-bond donors (Lipinski definition) is 2. The van der Waals surface area contributed by atoms with E-state index in [0.29, 0.717) is 28.2 Å². The maximum Gasteiger partial charge on any atom is 0.239 e. The van der Waals surface area contributed by atoms with E-state index in [0.717, 1.165) is 0 Å². The second kappa shape index (κ2) is 7.66. The Morgan fingerprint density at radius 3 is 2.88 bits per heavy atom. The van der Waals surface area contributed by atoms with E-state index in [1.54, 1.807) is 29.8 Å². The summed E-state index contributed by atoms with van der Waals surface area (Å²) >= 11 is 2.69. The van der Waals surface area contributed by atoms with Crippen molar-refractivity contribution in [3.63, 3.8) is 0 Å². The van der Waals surface area contributed by atoms with Gasteiger partial charge in [0, 0.05) is 18.1 Å². The van der Waals surface area contributed by atoms with Crippen molar-refractivity contribution in [1.82, 2.24) is 19.7 Å². The number of hydrogen-bond acceptors (Lipinski definition) is 7. The van der Waals surface area contributed by atoms with Crippen molar-refractivity contribution in [2.75, 3.05) is 5.32 Å². The highest BCUT2D eigenvalue weighted by molar-refractivity contribution is 8.00. The molecule has 7 nitrogen and oxygen atoms in total. The first kappa shape index (κ1) is 17.4. The smallest absolute Gasteiger partial charge is 0.239 e. The Labute approximate surface area is 153 Å². The molecule has 1 atom stereocenters. The van der Waals surface area contributed by atoms with Gasteiger partial charge in [0.15, 0.2) is 16.1 Å². The molecule has 2 N–H and O–H groups in total. The third kappa shape index (κ3) is 3.83. The SMILES string of the molecule is CCn1c(SC(C)C(=O)Nc2nccs2)nnc1-c1ccccc1O. The van der Waals surface area contributed by atoms with Crippen molar-refractivity contribution >= 4 is 34.1 Å². The Bertz CT molecular complexity index is 863. The first-order valence-electron chi connectivity index (χ1n) is 7.68. The van der Waals surface area contributed by atoms with Crippen LogP contribution in [0.3, 0.4) is 0 Å². The molecule has 1 amide bonds. The summed E-state index contributed by atoms with van der Waals surface area (Å²) in [7, 11) is 0. The van der Waals surface area contributed by atoms with Crippen LogP contribution in [0.15, 0.2) is 41.0 Å². The number of carbonyl (C=O) groups excluding carboxylic acids is 1. The van der Waals surface area contributed by atoms with Crippen molar-refractivity contribution in [3.05, 3.63) is 35.8 Å². The Hall–Kier alpha value is -2.39. The number of anilines is 1. The van der Waals surface area contributed by atoms with E-state index in [9.17, 15) is 9.90 Å². The van der Waals surface area contributed by atoms with Crippen LogP contribution in [-0.2, 0) is 11.3 Å². The minimum Gasteiger partial charge on any atom is -0.507 e. The van der Waals surface area contributed by atoms with E-state index in [1.165, 1.54) is 23.1 Å². The van der Waals surface area contributed by atoms with Gasteiger partial charge in [0.1, 0.15) is 5.75 Å². The van der Waals surface area contributed by atoms with Crippen LogP contribution in [0.4, 0.5) is 5.13 Å². The minimum atomic E-state index is -0.365. The molecule has 1 unspecified atom stereocenters. The zero-order valence-corrected chi connectivity index (χ0v) is 15.3. The van der Waals surface area contributed by atoms with Gasteiger partial charge in [-0.2, -0.15) is 0 Å². The molecule has 0 spiro atoms. The number of benzene rings is 1. The summed E-state index contributed by atoms with van der Waals surface area (Å²) in [5.41, 5.74) is 0.614. The van der Waals surface area contributed by atoms with E-state index < -0.39 is 0 Å². The molecule has 3 aromatic rings. The average molecular weight is 375 g/mol. The van der Waals surface area contributed by atoms with Gasteiger partial charge in [0.25, 0.3) is 0 Å². The summed E-state index contributed by atoms with van der Waals surface area (Å²) in [5.74, 6) is 0.584. The normalized spacial score (nSPS) is 12.1. The summed E-state index contributed by atoms with van der Waals surface area (Å²) in [6.07, 6.45) is 1.64. The highest BCUT2D eigenvalue weighted by atomic mass is 32.2. The van der Waals surface area contributed by atoms with E-state index in [2.05, 4.69) is 20.5 Å². The molecular weight excluding hydrogens is 358 g/mol. The maximum absolute atomic E-state index is 12.3. The zero-order valence-electron chi connectivity index (χ0n) is 13.7. The number of phenolic OH excluding ortho intramolecular Hbond substituents is 1. The second-order valence-corrected chi connectivity index (χ2v) is 7.36. The Morgan fingerprint density at radius 1 is 1.40 bits per heavy atom. The lowest BCUT2D eigenvalue weighted by Crippen LogP contribution is -2.22. The molecule has 25 heavy (non-hydrogen) atoms. The molecule has 0 aliphatic carbocycles. The molecule has 9 heteroatoms. The van der Waals surface area contributed by atoms with Crippen LogP contribution in [0, 0.1) is 0 Å². The summed E-state index contributed by atoms with van der Waals surface area (Å²) in [4.78, 5) is 16.3. The molecule has 130 valence electrons. The highest BCUT2D eigenvalue weighted by Gasteiger charge is 2.21. The van der Waals surface area contributed by atoms with E-state index >= 15 is 0 Å². The maximum atomic E-state index is 12.3. The number of nitrogens with one attached hydrogen (secondary N) is 1. The van der Waals surface area contributed by atoms with Gasteiger partial charge in [0.05, 0.1) is 10.8 Å². The van der Waals surface area contributed by atoms with Gasteiger partial charge in [-0.05, 0) is 26.0 Å². The van der Waals surface area contributed by atoms with Crippen molar-refractivity contribution in [2.45, 2.75) is 30.8 Å². The number of amides is 1. The fourth-order valence-electron chi connectivity index (χ4n) is 2.23. The second-order valence-electron chi connectivity index (χ2n) is 5.15. The van der Waals surface area contributed by atoms with Gasteiger partial charge >= 0.3 is 0 Å². The predicted octanol–water partition coefficient (Wildman–Crippen LogP) is 3.25. The summed E-state index contributed by atoms with van der Waals surface area (Å²) in [6, 6.07) is 6.99. The summed E-state index contributed by atoms with van der Waals surface area (Å²) < 4.78 is 1.88. The van der Waals surface area contributed by atoms with Crippen LogP contribution in [0.1, 0.15) is 13.8 Å². The molecule has 0 aliphatic rings. The predicted molar refractivity (Wildman–Crippen MR) is 98.9 cm³/mol. The lowest BCUT2D eigenvalue weighted by Gasteiger charge is -2.12. The number of rotatable bonds is 6. The van der Waals surface area contributed by atoms with Gasteiger partial charge in [-0.1, -0.05) is 23.9 Å². The first-order chi connectivity index (χ1) is 12.1. The molecule has 0 saturated heterocycles. The minimum absolute atomic E-state index is 0.144. The Balaban J connectivity index is 1.79. The molecule has 0 aliphatic heterocycles. The standard InChI is InChI=1S/C16H17N5O2S2/c1-3-21-13(11-6-4-5-7-12(11)22)19-20-16(21)25-10(2)14(23)18-15-17-8-9-24-15/h4-10,22H,3H2,1-2H3,(H,17,18,23). The van der Waals surface area contributed by atoms with Crippen molar-refractivity contribution in [2.24, 2.45) is 0 Å². The Kier molecular flexibility index (Phi) is 5.34. The molecule has 0 fully saturated rings. The number of thioether (sulfide) groups is 1. The average Bonchev–Trinajstić information content (AvgIpc) is 3.24. The van der Waals surface area contributed by atoms with Crippen molar-refractivity contribution < 1.29 is 9.90 Å². The summed E-state index contributed by atoms with van der Waals surface area (Å²) in [5, 5.41) is 23.9. The third-order valence-corrected chi connectivity index (χ3v) is 5.26. The number of carbonyl (C=O) groups is 1. The number of phenols is 1. The van der Waals surface area contributed by atoms with Gasteiger partial charge in [-0.15, -0.1) is 21.5 Å². The lowest BCUT2D eigenvalue weighted by atomic mass is 10.2. The van der Waals surface area contributed by atoms with Crippen LogP contribution in [-0.4, -0.2) is 36.0 Å². The quantitative estimate of drug-likeness (QED) is 0.643. The number of thiazole rings is 1.